The van der Waals surface area contributed by atoms with Crippen molar-refractivity contribution in [2.24, 2.45) is 0 Å². The van der Waals surface area contributed by atoms with Crippen LogP contribution in [0.1, 0.15) is 21.5 Å². The smallest absolute Gasteiger partial charge is 0.337 e. The van der Waals surface area contributed by atoms with Crippen LogP contribution in [-0.4, -0.2) is 20.2 Å². The van der Waals surface area contributed by atoms with Crippen molar-refractivity contribution in [3.8, 4) is 5.75 Å². The van der Waals surface area contributed by atoms with Crippen molar-refractivity contribution in [1.29, 1.82) is 0 Å². The molecule has 0 aliphatic carbocycles. The number of carbonyl (C=O) groups excluding carboxylic acids is 1. The van der Waals surface area contributed by atoms with Gasteiger partial charge in [0, 0.05) is 0 Å². The summed E-state index contributed by atoms with van der Waals surface area (Å²) in [6.45, 7) is 0. The number of esters is 1. The maximum absolute atomic E-state index is 11.4. The molecule has 116 valence electrons. The third-order valence-electron chi connectivity index (χ3n) is 3.90. The lowest BCUT2D eigenvalue weighted by atomic mass is 10.0. The van der Waals surface area contributed by atoms with E-state index in [1.807, 2.05) is 24.3 Å². The van der Waals surface area contributed by atoms with E-state index in [1.54, 1.807) is 19.2 Å². The molecule has 0 saturated carbocycles. The molecule has 0 saturated heterocycles. The van der Waals surface area contributed by atoms with Crippen LogP contribution in [0.4, 0.5) is 0 Å². The molecule has 23 heavy (non-hydrogen) atoms. The highest BCUT2D eigenvalue weighted by molar-refractivity contribution is 5.89. The highest BCUT2D eigenvalue weighted by Crippen LogP contribution is 2.23. The van der Waals surface area contributed by atoms with Crippen molar-refractivity contribution in [3.05, 3.63) is 77.4 Å². The molecule has 0 bridgehead atoms. The van der Waals surface area contributed by atoms with Crippen LogP contribution in [0.2, 0.25) is 0 Å². The molecule has 0 amide bonds. The number of fused-ring (bicyclic) bond motifs is 1. The second-order valence-corrected chi connectivity index (χ2v) is 5.41. The Hall–Kier alpha value is -2.81. The predicted molar refractivity (Wildman–Crippen MR) is 91.1 cm³/mol. The van der Waals surface area contributed by atoms with E-state index in [1.165, 1.54) is 18.1 Å². The third kappa shape index (κ3) is 3.34. The van der Waals surface area contributed by atoms with Gasteiger partial charge in [0.1, 0.15) is 5.75 Å². The minimum atomic E-state index is -0.309. The van der Waals surface area contributed by atoms with Gasteiger partial charge >= 0.3 is 5.97 Å². The highest BCUT2D eigenvalue weighted by atomic mass is 16.5. The Labute approximate surface area is 135 Å². The second kappa shape index (κ2) is 6.53. The fraction of sp³-hybridized carbons (Fsp3) is 0.150. The fourth-order valence-electron chi connectivity index (χ4n) is 2.62. The first-order chi connectivity index (χ1) is 11.2. The Morgan fingerprint density at radius 1 is 0.826 bits per heavy atom. The number of methoxy groups -OCH3 is 2. The van der Waals surface area contributed by atoms with E-state index in [2.05, 4.69) is 24.3 Å². The van der Waals surface area contributed by atoms with Crippen molar-refractivity contribution in [1.82, 2.24) is 0 Å². The SMILES string of the molecule is COC(=O)c1ccc(Cc2ccc3cc(OC)ccc3c2)cc1. The standard InChI is InChI=1S/C20H18O3/c1-22-19-10-9-17-12-15(5-8-18(17)13-19)11-14-3-6-16(7-4-14)20(21)23-2/h3-10,12-13H,11H2,1-2H3. The van der Waals surface area contributed by atoms with E-state index in [9.17, 15) is 4.79 Å². The van der Waals surface area contributed by atoms with Crippen LogP contribution in [-0.2, 0) is 11.2 Å². The van der Waals surface area contributed by atoms with Crippen molar-refractivity contribution >= 4 is 16.7 Å². The number of benzene rings is 3. The van der Waals surface area contributed by atoms with Gasteiger partial charge in [-0.2, -0.15) is 0 Å². The summed E-state index contributed by atoms with van der Waals surface area (Å²) in [6.07, 6.45) is 0.823. The molecule has 0 aliphatic heterocycles. The molecule has 3 nitrogen and oxygen atoms in total. The van der Waals surface area contributed by atoms with E-state index in [4.69, 9.17) is 9.47 Å². The van der Waals surface area contributed by atoms with Crippen LogP contribution < -0.4 is 4.74 Å². The monoisotopic (exact) mass is 306 g/mol. The Kier molecular flexibility index (Phi) is 4.29. The van der Waals surface area contributed by atoms with Gasteiger partial charge in [-0.1, -0.05) is 36.4 Å². The lowest BCUT2D eigenvalue weighted by Crippen LogP contribution is -2.01. The molecule has 0 radical (unpaired) electrons. The molecule has 0 N–H and O–H groups in total. The van der Waals surface area contributed by atoms with Gasteiger partial charge in [-0.25, -0.2) is 4.79 Å². The van der Waals surface area contributed by atoms with E-state index in [0.717, 1.165) is 23.1 Å². The zero-order valence-electron chi connectivity index (χ0n) is 13.2. The van der Waals surface area contributed by atoms with Crippen molar-refractivity contribution in [2.45, 2.75) is 6.42 Å². The summed E-state index contributed by atoms with van der Waals surface area (Å²) in [5, 5.41) is 2.35. The van der Waals surface area contributed by atoms with E-state index in [0.29, 0.717) is 5.56 Å². The zero-order valence-corrected chi connectivity index (χ0v) is 13.2. The predicted octanol–water partition coefficient (Wildman–Crippen LogP) is 4.23. The number of carbonyl (C=O) groups is 1. The van der Waals surface area contributed by atoms with Gasteiger partial charge in [0.2, 0.25) is 0 Å². The summed E-state index contributed by atoms with van der Waals surface area (Å²) in [5.74, 6) is 0.555. The minimum Gasteiger partial charge on any atom is -0.497 e. The Balaban J connectivity index is 1.82. The van der Waals surface area contributed by atoms with E-state index < -0.39 is 0 Å². The molecule has 3 aromatic rings. The van der Waals surface area contributed by atoms with Crippen molar-refractivity contribution in [3.63, 3.8) is 0 Å². The summed E-state index contributed by atoms with van der Waals surface area (Å²) >= 11 is 0. The molecule has 0 unspecified atom stereocenters. The van der Waals surface area contributed by atoms with Gasteiger partial charge in [0.05, 0.1) is 19.8 Å². The summed E-state index contributed by atoms with van der Waals surface area (Å²) in [5.41, 5.74) is 2.96. The van der Waals surface area contributed by atoms with Crippen molar-refractivity contribution in [2.75, 3.05) is 14.2 Å². The van der Waals surface area contributed by atoms with Gasteiger partial charge in [-0.3, -0.25) is 0 Å². The molecule has 0 heterocycles. The lowest BCUT2D eigenvalue weighted by Gasteiger charge is -2.07. The van der Waals surface area contributed by atoms with Crippen LogP contribution in [0.25, 0.3) is 10.8 Å². The average molecular weight is 306 g/mol. The van der Waals surface area contributed by atoms with Crippen LogP contribution in [0.5, 0.6) is 5.75 Å². The van der Waals surface area contributed by atoms with E-state index in [-0.39, 0.29) is 5.97 Å². The zero-order chi connectivity index (χ0) is 16.2. The van der Waals surface area contributed by atoms with Crippen LogP contribution in [0.3, 0.4) is 0 Å². The summed E-state index contributed by atoms with van der Waals surface area (Å²) < 4.78 is 9.96. The first-order valence-electron chi connectivity index (χ1n) is 7.43. The van der Waals surface area contributed by atoms with Crippen LogP contribution >= 0.6 is 0 Å². The fourth-order valence-corrected chi connectivity index (χ4v) is 2.62. The maximum Gasteiger partial charge on any atom is 0.337 e. The molecule has 0 aliphatic rings. The Morgan fingerprint density at radius 2 is 1.48 bits per heavy atom. The molecule has 0 spiro atoms. The molecule has 3 rings (SSSR count). The van der Waals surface area contributed by atoms with E-state index >= 15 is 0 Å². The summed E-state index contributed by atoms with van der Waals surface area (Å²) in [4.78, 5) is 11.4. The largest absolute Gasteiger partial charge is 0.497 e. The van der Waals surface area contributed by atoms with Gasteiger partial charge < -0.3 is 9.47 Å². The summed E-state index contributed by atoms with van der Waals surface area (Å²) in [6, 6.07) is 20.0. The summed E-state index contributed by atoms with van der Waals surface area (Å²) in [7, 11) is 3.06. The second-order valence-electron chi connectivity index (χ2n) is 5.41. The number of hydrogen-bond acceptors (Lipinski definition) is 3. The first-order valence-corrected chi connectivity index (χ1v) is 7.43. The molecule has 3 heteroatoms. The molecule has 3 aromatic carbocycles. The number of hydrogen-bond donors (Lipinski definition) is 0. The normalized spacial score (nSPS) is 10.5. The molecule has 0 fully saturated rings. The molecule has 0 aromatic heterocycles. The Morgan fingerprint density at radius 3 is 2.17 bits per heavy atom. The van der Waals surface area contributed by atoms with Crippen LogP contribution in [0, 0.1) is 0 Å². The third-order valence-corrected chi connectivity index (χ3v) is 3.90. The highest BCUT2D eigenvalue weighted by Gasteiger charge is 2.05. The van der Waals surface area contributed by atoms with Crippen molar-refractivity contribution < 1.29 is 14.3 Å². The van der Waals surface area contributed by atoms with Crippen LogP contribution in [0.15, 0.2) is 60.7 Å². The average Bonchev–Trinajstić information content (AvgIpc) is 2.61. The topological polar surface area (TPSA) is 35.5 Å². The molecule has 0 atom stereocenters. The van der Waals surface area contributed by atoms with Gasteiger partial charge in [0.25, 0.3) is 0 Å². The first kappa shape index (κ1) is 15.1. The number of rotatable bonds is 4. The molecular weight excluding hydrogens is 288 g/mol. The van der Waals surface area contributed by atoms with Gasteiger partial charge in [-0.05, 0) is 52.6 Å². The molecular formula is C20H18O3. The lowest BCUT2D eigenvalue weighted by molar-refractivity contribution is 0.0600. The van der Waals surface area contributed by atoms with Gasteiger partial charge in [0.15, 0.2) is 0 Å². The Bertz CT molecular complexity index is 835. The maximum atomic E-state index is 11.4. The quantitative estimate of drug-likeness (QED) is 0.677. The number of ether oxygens (including phenoxy) is 2. The van der Waals surface area contributed by atoms with Gasteiger partial charge in [-0.15, -0.1) is 0 Å². The minimum absolute atomic E-state index is 0.309.